The predicted octanol–water partition coefficient (Wildman–Crippen LogP) is 0.556. The van der Waals surface area contributed by atoms with E-state index in [2.05, 4.69) is 22.5 Å². The van der Waals surface area contributed by atoms with Gasteiger partial charge < -0.3 is 15.7 Å². The molecule has 0 radical (unpaired) electrons. The Morgan fingerprint density at radius 1 is 1.55 bits per heavy atom. The Labute approximate surface area is 117 Å². The van der Waals surface area contributed by atoms with Gasteiger partial charge in [0, 0.05) is 12.0 Å². The average molecular weight is 272 g/mol. The zero-order chi connectivity index (χ0) is 14.5. The Bertz CT molecular complexity index is 599. The van der Waals surface area contributed by atoms with Gasteiger partial charge in [-0.3, -0.25) is 9.59 Å². The van der Waals surface area contributed by atoms with Crippen molar-refractivity contribution in [1.29, 1.82) is 0 Å². The maximum atomic E-state index is 12.1. The first-order valence-electron chi connectivity index (χ1n) is 6.41. The quantitative estimate of drug-likeness (QED) is 0.688. The SMILES string of the molecule is Cc1ccc(C#CCO)c(NC(=O)C2CCC(=O)N2)c1. The summed E-state index contributed by atoms with van der Waals surface area (Å²) >= 11 is 0. The van der Waals surface area contributed by atoms with E-state index < -0.39 is 6.04 Å². The van der Waals surface area contributed by atoms with Crippen molar-refractivity contribution in [3.05, 3.63) is 29.3 Å². The fourth-order valence-electron chi connectivity index (χ4n) is 2.04. The van der Waals surface area contributed by atoms with Crippen LogP contribution in [0.5, 0.6) is 0 Å². The van der Waals surface area contributed by atoms with Crippen molar-refractivity contribution in [1.82, 2.24) is 5.32 Å². The molecule has 1 saturated heterocycles. The Balaban J connectivity index is 2.17. The summed E-state index contributed by atoms with van der Waals surface area (Å²) < 4.78 is 0. The van der Waals surface area contributed by atoms with Gasteiger partial charge in [-0.1, -0.05) is 17.9 Å². The Morgan fingerprint density at radius 2 is 2.35 bits per heavy atom. The van der Waals surface area contributed by atoms with E-state index in [0.717, 1.165) is 5.56 Å². The fraction of sp³-hybridized carbons (Fsp3) is 0.333. The summed E-state index contributed by atoms with van der Waals surface area (Å²) in [5.74, 6) is 5.01. The number of aliphatic hydroxyl groups excluding tert-OH is 1. The molecule has 1 heterocycles. The van der Waals surface area contributed by atoms with Crippen LogP contribution < -0.4 is 10.6 Å². The minimum Gasteiger partial charge on any atom is -0.384 e. The molecule has 1 aromatic rings. The van der Waals surface area contributed by atoms with Crippen LogP contribution in [0.2, 0.25) is 0 Å². The highest BCUT2D eigenvalue weighted by atomic mass is 16.2. The summed E-state index contributed by atoms with van der Waals surface area (Å²) in [5, 5.41) is 14.2. The normalized spacial score (nSPS) is 17.1. The number of nitrogens with one attached hydrogen (secondary N) is 2. The summed E-state index contributed by atoms with van der Waals surface area (Å²) in [4.78, 5) is 23.2. The lowest BCUT2D eigenvalue weighted by molar-refractivity contribution is -0.122. The third-order valence-electron chi connectivity index (χ3n) is 3.05. The predicted molar refractivity (Wildman–Crippen MR) is 74.9 cm³/mol. The van der Waals surface area contributed by atoms with Gasteiger partial charge >= 0.3 is 0 Å². The molecule has 1 aromatic carbocycles. The van der Waals surface area contributed by atoms with Crippen molar-refractivity contribution in [3.8, 4) is 11.8 Å². The Hall–Kier alpha value is -2.32. The molecule has 2 rings (SSSR count). The second-order valence-electron chi connectivity index (χ2n) is 4.66. The number of hydrogen-bond donors (Lipinski definition) is 3. The van der Waals surface area contributed by atoms with Gasteiger partial charge in [0.15, 0.2) is 0 Å². The molecule has 0 aromatic heterocycles. The van der Waals surface area contributed by atoms with Crippen LogP contribution in [0, 0.1) is 18.8 Å². The van der Waals surface area contributed by atoms with Crippen LogP contribution >= 0.6 is 0 Å². The number of aryl methyl sites for hydroxylation is 1. The largest absolute Gasteiger partial charge is 0.384 e. The average Bonchev–Trinajstić information content (AvgIpc) is 2.85. The second kappa shape index (κ2) is 6.22. The van der Waals surface area contributed by atoms with Crippen molar-refractivity contribution >= 4 is 17.5 Å². The standard InChI is InChI=1S/C15H16N2O3/c1-10-4-5-11(3-2-8-18)13(9-10)17-15(20)12-6-7-14(19)16-12/h4-5,9,12,18H,6-8H2,1H3,(H,16,19)(H,17,20). The Morgan fingerprint density at radius 3 is 3.00 bits per heavy atom. The van der Waals surface area contributed by atoms with Gasteiger partial charge in [-0.15, -0.1) is 0 Å². The first kappa shape index (κ1) is 14.1. The lowest BCUT2D eigenvalue weighted by atomic mass is 10.1. The summed E-state index contributed by atoms with van der Waals surface area (Å²) in [6.07, 6.45) is 0.886. The third kappa shape index (κ3) is 3.37. The molecule has 3 N–H and O–H groups in total. The minimum absolute atomic E-state index is 0.102. The van der Waals surface area contributed by atoms with Crippen LogP contribution in [-0.4, -0.2) is 29.6 Å². The number of rotatable bonds is 2. The highest BCUT2D eigenvalue weighted by Crippen LogP contribution is 2.18. The molecule has 0 aliphatic carbocycles. The topological polar surface area (TPSA) is 78.4 Å². The highest BCUT2D eigenvalue weighted by molar-refractivity contribution is 5.99. The van der Waals surface area contributed by atoms with Crippen LogP contribution in [0.15, 0.2) is 18.2 Å². The highest BCUT2D eigenvalue weighted by Gasteiger charge is 2.27. The number of aliphatic hydroxyl groups is 1. The molecule has 1 aliphatic rings. The molecule has 0 saturated carbocycles. The molecule has 1 aliphatic heterocycles. The van der Waals surface area contributed by atoms with Crippen LogP contribution in [0.4, 0.5) is 5.69 Å². The van der Waals surface area contributed by atoms with E-state index in [1.807, 2.05) is 19.1 Å². The van der Waals surface area contributed by atoms with Crippen molar-refractivity contribution < 1.29 is 14.7 Å². The molecular formula is C15H16N2O3. The second-order valence-corrected chi connectivity index (χ2v) is 4.66. The van der Waals surface area contributed by atoms with Crippen molar-refractivity contribution in [2.24, 2.45) is 0 Å². The zero-order valence-corrected chi connectivity index (χ0v) is 11.2. The molecule has 2 amide bonds. The van der Waals surface area contributed by atoms with E-state index in [1.165, 1.54) is 0 Å². The fourth-order valence-corrected chi connectivity index (χ4v) is 2.04. The van der Waals surface area contributed by atoms with E-state index in [9.17, 15) is 9.59 Å². The van der Waals surface area contributed by atoms with E-state index >= 15 is 0 Å². The summed E-state index contributed by atoms with van der Waals surface area (Å²) in [7, 11) is 0. The molecule has 1 atom stereocenters. The van der Waals surface area contributed by atoms with Crippen LogP contribution in [-0.2, 0) is 9.59 Å². The van der Waals surface area contributed by atoms with E-state index in [0.29, 0.717) is 24.1 Å². The number of amides is 2. The van der Waals surface area contributed by atoms with Gasteiger partial charge in [0.2, 0.25) is 11.8 Å². The summed E-state index contributed by atoms with van der Waals surface area (Å²) in [6, 6.07) is 5.01. The number of carbonyl (C=O) groups is 2. The van der Waals surface area contributed by atoms with Crippen molar-refractivity contribution in [2.75, 3.05) is 11.9 Å². The first-order valence-corrected chi connectivity index (χ1v) is 6.41. The maximum Gasteiger partial charge on any atom is 0.246 e. The molecule has 104 valence electrons. The van der Waals surface area contributed by atoms with Crippen LogP contribution in [0.3, 0.4) is 0 Å². The van der Waals surface area contributed by atoms with Gasteiger partial charge in [0.05, 0.1) is 5.69 Å². The van der Waals surface area contributed by atoms with E-state index in [1.54, 1.807) is 6.07 Å². The molecule has 1 unspecified atom stereocenters. The van der Waals surface area contributed by atoms with Crippen LogP contribution in [0.25, 0.3) is 0 Å². The molecule has 1 fully saturated rings. The molecule has 0 spiro atoms. The molecule has 0 bridgehead atoms. The van der Waals surface area contributed by atoms with Crippen molar-refractivity contribution in [2.45, 2.75) is 25.8 Å². The summed E-state index contributed by atoms with van der Waals surface area (Å²) in [5.41, 5.74) is 2.23. The molecular weight excluding hydrogens is 256 g/mol. The Kier molecular flexibility index (Phi) is 4.38. The van der Waals surface area contributed by atoms with E-state index in [4.69, 9.17) is 5.11 Å². The monoisotopic (exact) mass is 272 g/mol. The molecule has 5 nitrogen and oxygen atoms in total. The maximum absolute atomic E-state index is 12.1. The van der Waals surface area contributed by atoms with Gasteiger partial charge in [0.25, 0.3) is 0 Å². The van der Waals surface area contributed by atoms with E-state index in [-0.39, 0.29) is 18.4 Å². The zero-order valence-electron chi connectivity index (χ0n) is 11.2. The number of hydrogen-bond acceptors (Lipinski definition) is 3. The van der Waals surface area contributed by atoms with Crippen molar-refractivity contribution in [3.63, 3.8) is 0 Å². The van der Waals surface area contributed by atoms with Gasteiger partial charge in [-0.25, -0.2) is 0 Å². The number of anilines is 1. The van der Waals surface area contributed by atoms with Gasteiger partial charge in [0.1, 0.15) is 12.6 Å². The minimum atomic E-state index is -0.485. The number of benzene rings is 1. The lowest BCUT2D eigenvalue weighted by Gasteiger charge is -2.13. The third-order valence-corrected chi connectivity index (χ3v) is 3.05. The number of carbonyl (C=O) groups excluding carboxylic acids is 2. The smallest absolute Gasteiger partial charge is 0.246 e. The van der Waals surface area contributed by atoms with Gasteiger partial charge in [-0.05, 0) is 31.0 Å². The molecule has 5 heteroatoms. The first-order chi connectivity index (χ1) is 9.60. The van der Waals surface area contributed by atoms with Gasteiger partial charge in [-0.2, -0.15) is 0 Å². The lowest BCUT2D eigenvalue weighted by Crippen LogP contribution is -2.37. The van der Waals surface area contributed by atoms with Crippen LogP contribution in [0.1, 0.15) is 24.0 Å². The summed E-state index contributed by atoms with van der Waals surface area (Å²) in [6.45, 7) is 1.68. The molecule has 20 heavy (non-hydrogen) atoms.